The van der Waals surface area contributed by atoms with Crippen LogP contribution < -0.4 is 11.5 Å². The van der Waals surface area contributed by atoms with Gasteiger partial charge in [0.25, 0.3) is 0 Å². The van der Waals surface area contributed by atoms with Crippen molar-refractivity contribution in [3.8, 4) is 45.0 Å². The zero-order valence-electron chi connectivity index (χ0n) is 35.3. The summed E-state index contributed by atoms with van der Waals surface area (Å²) in [6.07, 6.45) is 0. The van der Waals surface area contributed by atoms with Crippen molar-refractivity contribution in [2.24, 2.45) is 11.5 Å². The van der Waals surface area contributed by atoms with Crippen LogP contribution in [0.25, 0.3) is 45.0 Å². The lowest BCUT2D eigenvalue weighted by Crippen LogP contribution is -2.26. The van der Waals surface area contributed by atoms with E-state index >= 15 is 0 Å². The number of nitrogens with zero attached hydrogens (tertiary/aromatic N) is 2. The SMILES string of the molecule is Brc1ccc(-c2nc(-c3ccccc3)c(-c3ccccc3)nc2-c2ccc(Br)cc2)cc1.NC(c1ccccc1)C(N)c1ccccc1.O=C(C(=O)c1ccc(Br)cc1)c1ccc(Br)cc1. The first-order valence-corrected chi connectivity index (χ1v) is 24.0. The summed E-state index contributed by atoms with van der Waals surface area (Å²) in [6, 6.07) is 70.0. The molecule has 0 amide bonds. The minimum atomic E-state index is -0.496. The fraction of sp³-hybridized carbons (Fsp3) is 0.0357. The number of halogens is 4. The van der Waals surface area contributed by atoms with Gasteiger partial charge in [-0.3, -0.25) is 9.59 Å². The molecule has 2 unspecified atom stereocenters. The first-order chi connectivity index (χ1) is 32.0. The van der Waals surface area contributed by atoms with E-state index in [-0.39, 0.29) is 12.1 Å². The Morgan fingerprint density at radius 2 is 0.545 bits per heavy atom. The number of ketones is 2. The molecule has 1 aromatic heterocycles. The van der Waals surface area contributed by atoms with Crippen LogP contribution in [-0.4, -0.2) is 21.5 Å². The number of rotatable bonds is 10. The van der Waals surface area contributed by atoms with Gasteiger partial charge in [-0.05, 0) is 83.9 Å². The summed E-state index contributed by atoms with van der Waals surface area (Å²) in [5.41, 5.74) is 22.8. The second-order valence-electron chi connectivity index (χ2n) is 14.9. The van der Waals surface area contributed by atoms with Gasteiger partial charge in [-0.1, -0.05) is 209 Å². The first-order valence-electron chi connectivity index (χ1n) is 20.8. The molecule has 66 heavy (non-hydrogen) atoms. The number of carbonyl (C=O) groups excluding carboxylic acids is 2. The van der Waals surface area contributed by atoms with Crippen molar-refractivity contribution in [3.05, 3.63) is 259 Å². The van der Waals surface area contributed by atoms with Crippen LogP contribution in [0.1, 0.15) is 43.9 Å². The van der Waals surface area contributed by atoms with Crippen molar-refractivity contribution in [1.29, 1.82) is 0 Å². The molecule has 2 atom stereocenters. The van der Waals surface area contributed by atoms with Crippen molar-refractivity contribution >= 4 is 75.3 Å². The summed E-state index contributed by atoms with van der Waals surface area (Å²) in [4.78, 5) is 34.4. The molecule has 0 saturated heterocycles. The van der Waals surface area contributed by atoms with E-state index in [0.29, 0.717) is 11.1 Å². The normalized spacial score (nSPS) is 11.5. The third-order valence-corrected chi connectivity index (χ3v) is 12.5. The molecule has 9 rings (SSSR count). The van der Waals surface area contributed by atoms with Crippen molar-refractivity contribution in [2.45, 2.75) is 12.1 Å². The van der Waals surface area contributed by atoms with Gasteiger partial charge in [0, 0.05) is 63.4 Å². The summed E-state index contributed by atoms with van der Waals surface area (Å²) in [5.74, 6) is -0.991. The van der Waals surface area contributed by atoms with Crippen molar-refractivity contribution in [2.75, 3.05) is 0 Å². The summed E-state index contributed by atoms with van der Waals surface area (Å²) in [5, 5.41) is 0. The zero-order chi connectivity index (χ0) is 46.4. The molecule has 0 aliphatic carbocycles. The van der Waals surface area contributed by atoms with E-state index in [9.17, 15) is 9.59 Å². The minimum absolute atomic E-state index is 0.163. The molecule has 0 fully saturated rings. The molecular weight excluding hydrogens is 1080 g/mol. The van der Waals surface area contributed by atoms with Crippen LogP contribution in [0.4, 0.5) is 0 Å². The number of benzene rings is 8. The Morgan fingerprint density at radius 3 is 0.818 bits per heavy atom. The Morgan fingerprint density at radius 1 is 0.318 bits per heavy atom. The van der Waals surface area contributed by atoms with E-state index < -0.39 is 11.6 Å². The molecular formula is C56H42Br4N4O2. The summed E-state index contributed by atoms with van der Waals surface area (Å²) in [7, 11) is 0. The number of nitrogens with two attached hydrogens (primary N) is 2. The Labute approximate surface area is 418 Å². The van der Waals surface area contributed by atoms with E-state index in [0.717, 1.165) is 74.0 Å². The van der Waals surface area contributed by atoms with Crippen LogP contribution in [-0.2, 0) is 0 Å². The number of carbonyl (C=O) groups is 2. The van der Waals surface area contributed by atoms with Gasteiger partial charge in [0.15, 0.2) is 0 Å². The monoisotopic (exact) mass is 1120 g/mol. The van der Waals surface area contributed by atoms with Crippen LogP contribution in [0.5, 0.6) is 0 Å². The van der Waals surface area contributed by atoms with Gasteiger partial charge in [0.2, 0.25) is 11.6 Å². The second-order valence-corrected chi connectivity index (χ2v) is 18.6. The lowest BCUT2D eigenvalue weighted by Gasteiger charge is -2.20. The van der Waals surface area contributed by atoms with Crippen molar-refractivity contribution in [3.63, 3.8) is 0 Å². The predicted octanol–water partition coefficient (Wildman–Crippen LogP) is 15.3. The third-order valence-electron chi connectivity index (χ3n) is 10.4. The molecule has 10 heteroatoms. The summed E-state index contributed by atoms with van der Waals surface area (Å²) >= 11 is 13.6. The molecule has 6 nitrogen and oxygen atoms in total. The standard InChI is InChI=1S/C28H18Br2N2.C14H8Br2O2.C14H16N2/c29-23-15-11-21(12-16-23)27-28(22-13-17-24(30)18-14-22)32-26(20-9-5-2-6-10-20)25(31-27)19-7-3-1-4-8-19;15-11-5-1-9(2-6-11)13(17)14(18)10-3-7-12(16)8-4-10;15-13(11-7-3-1-4-8-11)14(16)12-9-5-2-6-10-12/h1-18H;1-8H;1-10,13-14H,15-16H2. The van der Waals surface area contributed by atoms with E-state index in [1.165, 1.54) is 0 Å². The lowest BCUT2D eigenvalue weighted by atomic mass is 9.95. The average Bonchev–Trinajstić information content (AvgIpc) is 3.37. The Balaban J connectivity index is 0.000000162. The van der Waals surface area contributed by atoms with Gasteiger partial charge in [0.1, 0.15) is 0 Å². The van der Waals surface area contributed by atoms with Crippen LogP contribution in [0, 0.1) is 0 Å². The minimum Gasteiger partial charge on any atom is -0.322 e. The molecule has 0 bridgehead atoms. The van der Waals surface area contributed by atoms with E-state index in [1.54, 1.807) is 48.5 Å². The van der Waals surface area contributed by atoms with Gasteiger partial charge >= 0.3 is 0 Å². The smallest absolute Gasteiger partial charge is 0.233 e. The fourth-order valence-electron chi connectivity index (χ4n) is 6.88. The first kappa shape index (κ1) is 48.0. The molecule has 1 heterocycles. The van der Waals surface area contributed by atoms with Crippen LogP contribution in [0.15, 0.2) is 236 Å². The molecule has 326 valence electrons. The Hall–Kier alpha value is -5.98. The van der Waals surface area contributed by atoms with E-state index in [1.807, 2.05) is 121 Å². The van der Waals surface area contributed by atoms with Gasteiger partial charge in [-0.25, -0.2) is 9.97 Å². The van der Waals surface area contributed by atoms with Crippen molar-refractivity contribution in [1.82, 2.24) is 9.97 Å². The molecule has 4 N–H and O–H groups in total. The topological polar surface area (TPSA) is 112 Å². The number of Topliss-reactive ketones (excluding diaryl/α,β-unsaturated/α-hetero) is 2. The maximum absolute atomic E-state index is 12.0. The maximum Gasteiger partial charge on any atom is 0.233 e. The second kappa shape index (κ2) is 23.5. The summed E-state index contributed by atoms with van der Waals surface area (Å²) < 4.78 is 3.80. The molecule has 9 aromatic rings. The van der Waals surface area contributed by atoms with Crippen LogP contribution in [0.3, 0.4) is 0 Å². The van der Waals surface area contributed by atoms with Gasteiger partial charge < -0.3 is 11.5 Å². The number of hydrogen-bond donors (Lipinski definition) is 2. The largest absolute Gasteiger partial charge is 0.322 e. The highest BCUT2D eigenvalue weighted by atomic mass is 79.9. The van der Waals surface area contributed by atoms with E-state index in [4.69, 9.17) is 21.4 Å². The third kappa shape index (κ3) is 12.7. The van der Waals surface area contributed by atoms with E-state index in [2.05, 4.69) is 112 Å². The molecule has 0 aliphatic rings. The number of aromatic nitrogens is 2. The quantitative estimate of drug-likeness (QED) is 0.104. The van der Waals surface area contributed by atoms with Crippen LogP contribution in [0.2, 0.25) is 0 Å². The van der Waals surface area contributed by atoms with Crippen molar-refractivity contribution < 1.29 is 9.59 Å². The van der Waals surface area contributed by atoms with Crippen LogP contribution >= 0.6 is 63.7 Å². The molecule has 0 spiro atoms. The predicted molar refractivity (Wildman–Crippen MR) is 283 cm³/mol. The Bertz CT molecular complexity index is 2770. The Kier molecular flexibility index (Phi) is 17.1. The molecule has 0 radical (unpaired) electrons. The maximum atomic E-state index is 12.0. The van der Waals surface area contributed by atoms with Gasteiger partial charge in [-0.2, -0.15) is 0 Å². The summed E-state index contributed by atoms with van der Waals surface area (Å²) in [6.45, 7) is 0. The highest BCUT2D eigenvalue weighted by Gasteiger charge is 2.21. The fourth-order valence-corrected chi connectivity index (χ4v) is 7.94. The lowest BCUT2D eigenvalue weighted by molar-refractivity contribution is 0.0817. The molecule has 0 aliphatic heterocycles. The molecule has 8 aromatic carbocycles. The van der Waals surface area contributed by atoms with Gasteiger partial charge in [0.05, 0.1) is 22.8 Å². The highest BCUT2D eigenvalue weighted by molar-refractivity contribution is 9.11. The molecule has 0 saturated carbocycles. The van der Waals surface area contributed by atoms with Gasteiger partial charge in [-0.15, -0.1) is 0 Å². The average molecular weight is 1120 g/mol. The number of hydrogen-bond acceptors (Lipinski definition) is 6. The highest BCUT2D eigenvalue weighted by Crippen LogP contribution is 2.37. The zero-order valence-corrected chi connectivity index (χ0v) is 41.7.